The molecule has 0 radical (unpaired) electrons. The molecule has 4 heteroatoms. The molecule has 0 aromatic rings. The summed E-state index contributed by atoms with van der Waals surface area (Å²) in [6, 6.07) is 0. The Kier molecular flexibility index (Phi) is 11.3. The van der Waals surface area contributed by atoms with Gasteiger partial charge in [-0.3, -0.25) is 9.59 Å². The average Bonchev–Trinajstić information content (AvgIpc) is 1.79. The summed E-state index contributed by atoms with van der Waals surface area (Å²) in [6.07, 6.45) is 8.28. The predicted molar refractivity (Wildman–Crippen MR) is 69.5 cm³/mol. The molecule has 0 saturated carbocycles. The van der Waals surface area contributed by atoms with Crippen molar-refractivity contribution < 1.29 is 9.59 Å². The van der Waals surface area contributed by atoms with Crippen LogP contribution < -0.4 is 0 Å². The van der Waals surface area contributed by atoms with Crippen molar-refractivity contribution in [1.29, 1.82) is 0 Å². The molecule has 0 aromatic carbocycles. The molecule has 0 aromatic heterocycles. The van der Waals surface area contributed by atoms with Crippen LogP contribution in [0, 0.1) is 0 Å². The lowest BCUT2D eigenvalue weighted by atomic mass is 10.5. The van der Waals surface area contributed by atoms with E-state index in [0.29, 0.717) is 33.4 Å². The summed E-state index contributed by atoms with van der Waals surface area (Å²) < 4.78 is 0. The Labute approximate surface area is 93.5 Å². The van der Waals surface area contributed by atoms with Gasteiger partial charge in [0.05, 0.1) is 25.0 Å². The normalized spacial score (nSPS) is 9.71. The lowest BCUT2D eigenvalue weighted by Gasteiger charge is -1.87. The second kappa shape index (κ2) is 9.59. The van der Waals surface area contributed by atoms with Crippen LogP contribution in [-0.2, 0) is 31.4 Å². The lowest BCUT2D eigenvalue weighted by molar-refractivity contribution is -0.115. The van der Waals surface area contributed by atoms with Gasteiger partial charge in [-0.2, -0.15) is 0 Å². The van der Waals surface area contributed by atoms with Crippen LogP contribution in [0.25, 0.3) is 0 Å². The molecular weight excluding hydrogens is 216 g/mol. The van der Waals surface area contributed by atoms with Crippen molar-refractivity contribution >= 4 is 33.4 Å². The van der Waals surface area contributed by atoms with Gasteiger partial charge in [0.15, 0.2) is 23.1 Å². The molecule has 0 heterocycles. The van der Waals surface area contributed by atoms with E-state index in [1.165, 1.54) is 0 Å². The molecule has 0 N–H and O–H groups in total. The van der Waals surface area contributed by atoms with Crippen LogP contribution in [0.3, 0.4) is 0 Å². The SMILES string of the molecule is CC(=O)C[S+](C)C.CC(=O)C[S+](C)C. The first kappa shape index (κ1) is 16.5. The molecule has 0 amide bonds. The summed E-state index contributed by atoms with van der Waals surface area (Å²) in [5.74, 6) is 2.10. The molecule has 0 spiro atoms. The Balaban J connectivity index is 0. The fourth-order valence-corrected chi connectivity index (χ4v) is 2.44. The molecule has 14 heavy (non-hydrogen) atoms. The number of ketones is 2. The Bertz CT molecular complexity index is 157. The molecule has 84 valence electrons. The quantitative estimate of drug-likeness (QED) is 0.682. The average molecular weight is 238 g/mol. The minimum atomic E-state index is 0.299. The summed E-state index contributed by atoms with van der Waals surface area (Å²) >= 11 is 0. The first-order chi connectivity index (χ1) is 6.25. The summed E-state index contributed by atoms with van der Waals surface area (Å²) in [6.45, 7) is 3.26. The van der Waals surface area contributed by atoms with E-state index in [9.17, 15) is 9.59 Å². The van der Waals surface area contributed by atoms with Crippen molar-refractivity contribution in [1.82, 2.24) is 0 Å². The summed E-state index contributed by atoms with van der Waals surface area (Å²) in [4.78, 5) is 20.5. The molecule has 0 fully saturated rings. The summed E-state index contributed by atoms with van der Waals surface area (Å²) in [7, 11) is 0.610. The molecule has 0 saturated heterocycles. The zero-order valence-corrected chi connectivity index (χ0v) is 11.7. The van der Waals surface area contributed by atoms with Crippen LogP contribution in [0.2, 0.25) is 0 Å². The number of Topliss-reactive ketones (excluding diaryl/α,β-unsaturated/α-hetero) is 2. The largest absolute Gasteiger partial charge is 0.295 e. The Morgan fingerprint density at radius 1 is 0.786 bits per heavy atom. The maximum absolute atomic E-state index is 10.3. The van der Waals surface area contributed by atoms with Gasteiger partial charge < -0.3 is 0 Å². The third kappa shape index (κ3) is 22.7. The van der Waals surface area contributed by atoms with Gasteiger partial charge in [-0.25, -0.2) is 0 Å². The highest BCUT2D eigenvalue weighted by molar-refractivity contribution is 7.96. The molecule has 0 aliphatic rings. The molecule has 0 rings (SSSR count). The fraction of sp³-hybridized carbons (Fsp3) is 0.800. The van der Waals surface area contributed by atoms with E-state index in [2.05, 4.69) is 25.0 Å². The second-order valence-corrected chi connectivity index (χ2v) is 8.18. The van der Waals surface area contributed by atoms with E-state index in [1.54, 1.807) is 13.8 Å². The zero-order valence-electron chi connectivity index (χ0n) is 10.0. The van der Waals surface area contributed by atoms with Crippen molar-refractivity contribution in [2.45, 2.75) is 13.8 Å². The van der Waals surface area contributed by atoms with E-state index in [0.717, 1.165) is 11.5 Å². The third-order valence-corrected chi connectivity index (χ3v) is 2.95. The smallest absolute Gasteiger partial charge is 0.178 e. The summed E-state index contributed by atoms with van der Waals surface area (Å²) in [5, 5.41) is 0. The highest BCUT2D eigenvalue weighted by Crippen LogP contribution is 1.82. The topological polar surface area (TPSA) is 34.1 Å². The number of hydrogen-bond donors (Lipinski definition) is 0. The number of carbonyl (C=O) groups is 2. The van der Waals surface area contributed by atoms with Crippen molar-refractivity contribution in [2.75, 3.05) is 36.5 Å². The number of hydrogen-bond acceptors (Lipinski definition) is 2. The maximum atomic E-state index is 10.3. The van der Waals surface area contributed by atoms with Gasteiger partial charge in [-0.15, -0.1) is 0 Å². The van der Waals surface area contributed by atoms with Gasteiger partial charge >= 0.3 is 0 Å². The maximum Gasteiger partial charge on any atom is 0.178 e. The van der Waals surface area contributed by atoms with Crippen molar-refractivity contribution in [3.05, 3.63) is 0 Å². The molecule has 0 aliphatic heterocycles. The first-order valence-electron chi connectivity index (χ1n) is 4.33. The third-order valence-electron chi connectivity index (χ3n) is 0.984. The van der Waals surface area contributed by atoms with Crippen molar-refractivity contribution in [2.24, 2.45) is 0 Å². The van der Waals surface area contributed by atoms with Crippen molar-refractivity contribution in [3.63, 3.8) is 0 Å². The van der Waals surface area contributed by atoms with Crippen LogP contribution in [0.4, 0.5) is 0 Å². The summed E-state index contributed by atoms with van der Waals surface area (Å²) in [5.41, 5.74) is 0. The lowest BCUT2D eigenvalue weighted by Crippen LogP contribution is -2.09. The van der Waals surface area contributed by atoms with Crippen LogP contribution >= 0.6 is 0 Å². The second-order valence-electron chi connectivity index (χ2n) is 3.66. The molecule has 0 bridgehead atoms. The minimum Gasteiger partial charge on any atom is -0.295 e. The highest BCUT2D eigenvalue weighted by Gasteiger charge is 2.04. The van der Waals surface area contributed by atoms with Crippen LogP contribution in [0.1, 0.15) is 13.8 Å². The molecule has 2 nitrogen and oxygen atoms in total. The van der Waals surface area contributed by atoms with Crippen LogP contribution in [-0.4, -0.2) is 48.1 Å². The molecule has 0 aliphatic carbocycles. The van der Waals surface area contributed by atoms with Gasteiger partial charge in [-0.05, 0) is 35.6 Å². The van der Waals surface area contributed by atoms with E-state index in [-0.39, 0.29) is 0 Å². The Morgan fingerprint density at radius 3 is 1.00 bits per heavy atom. The zero-order chi connectivity index (χ0) is 11.7. The van der Waals surface area contributed by atoms with Crippen LogP contribution in [0.15, 0.2) is 0 Å². The van der Waals surface area contributed by atoms with Crippen molar-refractivity contribution in [3.8, 4) is 0 Å². The van der Waals surface area contributed by atoms with E-state index in [1.807, 2.05) is 0 Å². The van der Waals surface area contributed by atoms with Gasteiger partial charge in [0.2, 0.25) is 0 Å². The molecule has 0 atom stereocenters. The number of carbonyl (C=O) groups excluding carboxylic acids is 2. The first-order valence-corrected chi connectivity index (χ1v) is 8.75. The number of rotatable bonds is 4. The van der Waals surface area contributed by atoms with Gasteiger partial charge in [-0.1, -0.05) is 0 Å². The minimum absolute atomic E-state index is 0.299. The van der Waals surface area contributed by atoms with E-state index >= 15 is 0 Å². The highest BCUT2D eigenvalue weighted by atomic mass is 32.2. The Morgan fingerprint density at radius 2 is 1.00 bits per heavy atom. The monoisotopic (exact) mass is 238 g/mol. The molecule has 0 unspecified atom stereocenters. The standard InChI is InChI=1S/2C5H11OS/c2*1-5(6)4-7(2)3/h2*4H2,1-3H3/q2*+1. The van der Waals surface area contributed by atoms with Crippen LogP contribution in [0.5, 0.6) is 0 Å². The van der Waals surface area contributed by atoms with E-state index < -0.39 is 0 Å². The molecular formula is C10H22O2S2+2. The van der Waals surface area contributed by atoms with Gasteiger partial charge in [0.25, 0.3) is 0 Å². The van der Waals surface area contributed by atoms with Gasteiger partial charge in [0, 0.05) is 0 Å². The predicted octanol–water partition coefficient (Wildman–Crippen LogP) is 0.907. The Hall–Kier alpha value is 0.0400. The van der Waals surface area contributed by atoms with Gasteiger partial charge in [0.1, 0.15) is 0 Å². The van der Waals surface area contributed by atoms with E-state index in [4.69, 9.17) is 0 Å². The fourth-order valence-electron chi connectivity index (χ4n) is 0.813.